The molecule has 9 heteroatoms. The van der Waals surface area contributed by atoms with Gasteiger partial charge in [-0.3, -0.25) is 0 Å². The number of alkyl carbamates (subject to hydrolysis) is 1. The van der Waals surface area contributed by atoms with E-state index < -0.39 is 11.2 Å². The number of carbonyl (C=O) groups is 2. The zero-order valence-electron chi connectivity index (χ0n) is 22.3. The van der Waals surface area contributed by atoms with Crippen LogP contribution in [0.3, 0.4) is 0 Å². The van der Waals surface area contributed by atoms with Crippen LogP contribution in [0.4, 0.5) is 9.59 Å². The fraction of sp³-hybridized carbons (Fsp3) is 0.846. The van der Waals surface area contributed by atoms with Crippen LogP contribution in [0.15, 0.2) is 4.42 Å². The molecule has 0 aliphatic heterocycles. The van der Waals surface area contributed by atoms with E-state index in [-0.39, 0.29) is 35.6 Å². The number of hydrogen-bond acceptors (Lipinski definition) is 7. The van der Waals surface area contributed by atoms with Gasteiger partial charge in [-0.25, -0.2) is 9.59 Å². The molecule has 0 unspecified atom stereocenters. The predicted molar refractivity (Wildman–Crippen MR) is 130 cm³/mol. The Bertz CT molecular complexity index is 919. The zero-order chi connectivity index (χ0) is 25.6. The molecular weight excluding hydrogens is 448 g/mol. The van der Waals surface area contributed by atoms with Crippen LogP contribution in [0.2, 0.25) is 0 Å². The van der Waals surface area contributed by atoms with Gasteiger partial charge in [-0.15, -0.1) is 10.2 Å². The summed E-state index contributed by atoms with van der Waals surface area (Å²) in [4.78, 5) is 26.9. The van der Waals surface area contributed by atoms with Gasteiger partial charge in [-0.2, -0.15) is 0 Å². The van der Waals surface area contributed by atoms with E-state index in [9.17, 15) is 9.59 Å². The van der Waals surface area contributed by atoms with Crippen molar-refractivity contribution >= 4 is 12.2 Å². The Kier molecular flexibility index (Phi) is 6.83. The van der Waals surface area contributed by atoms with Crippen molar-refractivity contribution < 1.29 is 23.5 Å². The van der Waals surface area contributed by atoms with Crippen LogP contribution in [0, 0.1) is 5.92 Å². The molecule has 3 aliphatic carbocycles. The van der Waals surface area contributed by atoms with Gasteiger partial charge in [-0.05, 0) is 92.4 Å². The molecule has 2 amide bonds. The third-order valence-electron chi connectivity index (χ3n) is 7.11. The molecule has 1 aromatic rings. The summed E-state index contributed by atoms with van der Waals surface area (Å²) in [6.07, 6.45) is 5.69. The predicted octanol–water partition coefficient (Wildman–Crippen LogP) is 5.30. The first-order valence-electron chi connectivity index (χ1n) is 13.1. The number of nitrogens with zero attached hydrogens (tertiary/aromatic N) is 3. The van der Waals surface area contributed by atoms with Gasteiger partial charge < -0.3 is 24.1 Å². The Hall–Kier alpha value is -2.32. The standard InChI is InChI=1S/C26H42N4O5/c1-16-14-19(16)30(23(32)35-25(5,6)7)15-26(12-13-26)21-29-28-20(33-21)17-8-10-18(11-9-17)27-22(31)34-24(2,3)4/h16-19H,8-15H2,1-7H3,(H,27,31)/t16-,17-,18-,19-/m1/s1. The number of hydrogen-bond donors (Lipinski definition) is 1. The molecule has 0 aromatic carbocycles. The highest BCUT2D eigenvalue weighted by Crippen LogP contribution is 2.51. The molecule has 0 radical (unpaired) electrons. The molecule has 0 spiro atoms. The van der Waals surface area contributed by atoms with Crippen LogP contribution in [0.1, 0.15) is 111 Å². The molecule has 1 heterocycles. The zero-order valence-corrected chi connectivity index (χ0v) is 22.3. The first-order chi connectivity index (χ1) is 16.2. The summed E-state index contributed by atoms with van der Waals surface area (Å²) in [6.45, 7) is 14.0. The Morgan fingerprint density at radius 2 is 1.63 bits per heavy atom. The van der Waals surface area contributed by atoms with Crippen LogP contribution < -0.4 is 5.32 Å². The molecule has 1 aromatic heterocycles. The van der Waals surface area contributed by atoms with Crippen molar-refractivity contribution in [1.29, 1.82) is 0 Å². The second kappa shape index (κ2) is 9.28. The van der Waals surface area contributed by atoms with Crippen molar-refractivity contribution in [2.75, 3.05) is 6.54 Å². The van der Waals surface area contributed by atoms with Crippen molar-refractivity contribution in [1.82, 2.24) is 20.4 Å². The van der Waals surface area contributed by atoms with E-state index >= 15 is 0 Å². The highest BCUT2D eigenvalue weighted by Gasteiger charge is 2.54. The van der Waals surface area contributed by atoms with Crippen LogP contribution in [0.25, 0.3) is 0 Å². The topological polar surface area (TPSA) is 107 Å². The van der Waals surface area contributed by atoms with E-state index in [1.54, 1.807) is 0 Å². The molecule has 9 nitrogen and oxygen atoms in total. The lowest BCUT2D eigenvalue weighted by atomic mass is 9.86. The van der Waals surface area contributed by atoms with Gasteiger partial charge in [0.1, 0.15) is 11.2 Å². The lowest BCUT2D eigenvalue weighted by Crippen LogP contribution is -2.43. The summed E-state index contributed by atoms with van der Waals surface area (Å²) in [6, 6.07) is 0.318. The lowest BCUT2D eigenvalue weighted by Gasteiger charge is -2.30. The number of nitrogens with one attached hydrogen (secondary N) is 1. The third-order valence-corrected chi connectivity index (χ3v) is 7.11. The molecule has 3 aliphatic rings. The van der Waals surface area contributed by atoms with E-state index in [0.29, 0.717) is 24.2 Å². The fourth-order valence-corrected chi connectivity index (χ4v) is 4.86. The van der Waals surface area contributed by atoms with Crippen LogP contribution >= 0.6 is 0 Å². The van der Waals surface area contributed by atoms with Gasteiger partial charge in [0.2, 0.25) is 11.8 Å². The summed E-state index contributed by atoms with van der Waals surface area (Å²) in [5.74, 6) is 1.99. The molecule has 2 atom stereocenters. The molecular formula is C26H42N4O5. The maximum absolute atomic E-state index is 13.0. The summed E-state index contributed by atoms with van der Waals surface area (Å²) >= 11 is 0. The van der Waals surface area contributed by atoms with Gasteiger partial charge in [0, 0.05) is 24.5 Å². The summed E-state index contributed by atoms with van der Waals surface area (Å²) in [5.41, 5.74) is -1.30. The SMILES string of the molecule is C[C@@H]1C[C@H]1N(CC1(c2nnc([C@H]3CC[C@H](NC(=O)OC(C)(C)C)CC3)o2)CC1)C(=O)OC(C)(C)C. The normalized spacial score (nSPS) is 27.6. The molecule has 35 heavy (non-hydrogen) atoms. The average molecular weight is 491 g/mol. The monoisotopic (exact) mass is 490 g/mol. The van der Waals surface area contributed by atoms with Crippen molar-refractivity contribution in [3.8, 4) is 0 Å². The quantitative estimate of drug-likeness (QED) is 0.577. The molecule has 1 N–H and O–H groups in total. The van der Waals surface area contributed by atoms with Crippen molar-refractivity contribution in [2.24, 2.45) is 5.92 Å². The first-order valence-corrected chi connectivity index (χ1v) is 13.1. The Morgan fingerprint density at radius 3 is 2.14 bits per heavy atom. The van der Waals surface area contributed by atoms with E-state index in [2.05, 4.69) is 22.4 Å². The van der Waals surface area contributed by atoms with Crippen molar-refractivity contribution in [2.45, 2.75) is 128 Å². The minimum atomic E-state index is -0.529. The minimum Gasteiger partial charge on any atom is -0.444 e. The van der Waals surface area contributed by atoms with Gasteiger partial charge in [0.15, 0.2) is 0 Å². The minimum absolute atomic E-state index is 0.0983. The van der Waals surface area contributed by atoms with E-state index in [4.69, 9.17) is 13.9 Å². The largest absolute Gasteiger partial charge is 0.444 e. The fourth-order valence-electron chi connectivity index (χ4n) is 4.86. The molecule has 196 valence electrons. The Balaban J connectivity index is 1.34. The maximum atomic E-state index is 13.0. The first kappa shape index (κ1) is 25.8. The number of amides is 2. The van der Waals surface area contributed by atoms with Crippen molar-refractivity contribution in [3.63, 3.8) is 0 Å². The summed E-state index contributed by atoms with van der Waals surface area (Å²) in [7, 11) is 0. The van der Waals surface area contributed by atoms with Gasteiger partial charge in [0.05, 0.1) is 5.41 Å². The second-order valence-corrected chi connectivity index (χ2v) is 12.8. The number of ether oxygens (including phenoxy) is 2. The third kappa shape index (κ3) is 6.67. The molecule has 0 saturated heterocycles. The van der Waals surface area contributed by atoms with Crippen LogP contribution in [-0.2, 0) is 14.9 Å². The molecule has 0 bridgehead atoms. The molecule has 3 fully saturated rings. The van der Waals surface area contributed by atoms with Crippen LogP contribution in [0.5, 0.6) is 0 Å². The summed E-state index contributed by atoms with van der Waals surface area (Å²) in [5, 5.41) is 11.8. The number of rotatable bonds is 6. The van der Waals surface area contributed by atoms with E-state index in [0.717, 1.165) is 44.9 Å². The maximum Gasteiger partial charge on any atom is 0.410 e. The second-order valence-electron chi connectivity index (χ2n) is 12.8. The smallest absolute Gasteiger partial charge is 0.410 e. The van der Waals surface area contributed by atoms with Gasteiger partial charge >= 0.3 is 12.2 Å². The molecule has 4 rings (SSSR count). The van der Waals surface area contributed by atoms with Gasteiger partial charge in [-0.1, -0.05) is 6.92 Å². The average Bonchev–Trinajstić information content (AvgIpc) is 3.60. The van der Waals surface area contributed by atoms with E-state index in [1.807, 2.05) is 46.4 Å². The van der Waals surface area contributed by atoms with E-state index in [1.165, 1.54) is 0 Å². The highest BCUT2D eigenvalue weighted by molar-refractivity contribution is 5.69. The van der Waals surface area contributed by atoms with Gasteiger partial charge in [0.25, 0.3) is 0 Å². The number of aromatic nitrogens is 2. The number of carbonyl (C=O) groups excluding carboxylic acids is 2. The highest BCUT2D eigenvalue weighted by atomic mass is 16.6. The molecule has 3 saturated carbocycles. The Morgan fingerprint density at radius 1 is 1.03 bits per heavy atom. The van der Waals surface area contributed by atoms with Crippen LogP contribution in [-0.4, -0.2) is 57.1 Å². The van der Waals surface area contributed by atoms with Crippen molar-refractivity contribution in [3.05, 3.63) is 11.8 Å². The Labute approximate surface area is 208 Å². The lowest BCUT2D eigenvalue weighted by molar-refractivity contribution is 0.0199. The summed E-state index contributed by atoms with van der Waals surface area (Å²) < 4.78 is 17.3.